The van der Waals surface area contributed by atoms with Crippen molar-refractivity contribution in [2.45, 2.75) is 0 Å². The molecule has 1 aromatic heterocycles. The zero-order valence-corrected chi connectivity index (χ0v) is 8.56. The van der Waals surface area contributed by atoms with E-state index >= 15 is 0 Å². The van der Waals surface area contributed by atoms with Gasteiger partial charge in [-0.05, 0) is 34.0 Å². The van der Waals surface area contributed by atoms with Gasteiger partial charge in [-0.25, -0.2) is 4.98 Å². The normalized spacial score (nSPS) is 8.83. The Morgan fingerprint density at radius 3 is 3.00 bits per heavy atom. The second-order valence-electron chi connectivity index (χ2n) is 1.96. The molecule has 0 amide bonds. The Morgan fingerprint density at radius 2 is 2.33 bits per heavy atom. The van der Waals surface area contributed by atoms with Gasteiger partial charge in [0.1, 0.15) is 10.4 Å². The van der Waals surface area contributed by atoms with Gasteiger partial charge in [0.25, 0.3) is 0 Å². The molecule has 1 aromatic rings. The maximum atomic E-state index is 9.25. The highest BCUT2D eigenvalue weighted by Crippen LogP contribution is 2.16. The topological polar surface area (TPSA) is 33.1 Å². The minimum absolute atomic E-state index is 0.0903. The van der Waals surface area contributed by atoms with Gasteiger partial charge in [-0.3, -0.25) is 0 Å². The average Bonchev–Trinajstić information content (AvgIpc) is 2.07. The van der Waals surface area contributed by atoms with Gasteiger partial charge in [-0.15, -0.1) is 0 Å². The number of halogens is 1. The largest absolute Gasteiger partial charge is 0.505 e. The van der Waals surface area contributed by atoms with Gasteiger partial charge in [0, 0.05) is 0 Å². The summed E-state index contributed by atoms with van der Waals surface area (Å²) < 4.78 is 0.656. The number of pyridine rings is 1. The first-order valence-corrected chi connectivity index (χ1v) is 4.62. The van der Waals surface area contributed by atoms with E-state index in [1.807, 2.05) is 0 Å². The quantitative estimate of drug-likeness (QED) is 0.414. The molecule has 0 bridgehead atoms. The van der Waals surface area contributed by atoms with Gasteiger partial charge >= 0.3 is 0 Å². The SMILES string of the molecule is Oc1ccc(Br)nc1C#CCS. The fourth-order valence-electron chi connectivity index (χ4n) is 0.643. The van der Waals surface area contributed by atoms with E-state index in [1.54, 1.807) is 12.1 Å². The van der Waals surface area contributed by atoms with Crippen LogP contribution in [0.5, 0.6) is 5.75 Å². The summed E-state index contributed by atoms with van der Waals surface area (Å²) in [5.41, 5.74) is 0.374. The van der Waals surface area contributed by atoms with Crippen LogP contribution in [-0.4, -0.2) is 15.8 Å². The van der Waals surface area contributed by atoms with E-state index < -0.39 is 0 Å². The minimum atomic E-state index is 0.0903. The zero-order chi connectivity index (χ0) is 8.97. The number of hydrogen-bond donors (Lipinski definition) is 2. The molecule has 1 heterocycles. The number of aromatic nitrogens is 1. The highest BCUT2D eigenvalue weighted by Gasteiger charge is 1.98. The molecule has 0 atom stereocenters. The molecule has 1 rings (SSSR count). The molecule has 0 aliphatic carbocycles. The van der Waals surface area contributed by atoms with Crippen LogP contribution in [0.4, 0.5) is 0 Å². The molecular weight excluding hydrogens is 238 g/mol. The summed E-state index contributed by atoms with van der Waals surface area (Å²) >= 11 is 7.10. The third-order valence-corrected chi connectivity index (χ3v) is 1.73. The molecule has 2 nitrogen and oxygen atoms in total. The third kappa shape index (κ3) is 2.43. The smallest absolute Gasteiger partial charge is 0.156 e. The molecule has 1 N–H and O–H groups in total. The first-order chi connectivity index (χ1) is 5.74. The molecule has 0 spiro atoms. The lowest BCUT2D eigenvalue weighted by atomic mass is 10.3. The van der Waals surface area contributed by atoms with E-state index in [0.717, 1.165) is 0 Å². The number of rotatable bonds is 0. The van der Waals surface area contributed by atoms with Crippen LogP contribution in [0.3, 0.4) is 0 Å². The molecule has 0 saturated carbocycles. The van der Waals surface area contributed by atoms with Crippen LogP contribution in [0, 0.1) is 11.8 Å². The maximum Gasteiger partial charge on any atom is 0.156 e. The molecule has 0 unspecified atom stereocenters. The minimum Gasteiger partial charge on any atom is -0.505 e. The first kappa shape index (κ1) is 9.43. The number of thiol groups is 1. The van der Waals surface area contributed by atoms with Crippen LogP contribution in [0.2, 0.25) is 0 Å². The van der Waals surface area contributed by atoms with Crippen molar-refractivity contribution in [2.75, 3.05) is 5.75 Å². The molecule has 0 aliphatic heterocycles. The molecule has 0 aliphatic rings. The fraction of sp³-hybridized carbons (Fsp3) is 0.125. The molecule has 4 heteroatoms. The van der Waals surface area contributed by atoms with Crippen molar-refractivity contribution in [3.8, 4) is 17.6 Å². The average molecular weight is 244 g/mol. The van der Waals surface area contributed by atoms with Gasteiger partial charge in [-0.2, -0.15) is 12.6 Å². The fourth-order valence-corrected chi connectivity index (χ4v) is 1.03. The Morgan fingerprint density at radius 1 is 1.58 bits per heavy atom. The second kappa shape index (κ2) is 4.39. The van der Waals surface area contributed by atoms with Crippen molar-refractivity contribution in [1.29, 1.82) is 0 Å². The van der Waals surface area contributed by atoms with Crippen molar-refractivity contribution in [1.82, 2.24) is 4.98 Å². The lowest BCUT2D eigenvalue weighted by Crippen LogP contribution is -1.83. The van der Waals surface area contributed by atoms with Crippen molar-refractivity contribution in [3.63, 3.8) is 0 Å². The Hall–Kier alpha value is -0.660. The molecule has 12 heavy (non-hydrogen) atoms. The van der Waals surface area contributed by atoms with Crippen LogP contribution in [0.15, 0.2) is 16.7 Å². The predicted octanol–water partition coefficient (Wildman–Crippen LogP) is 1.83. The van der Waals surface area contributed by atoms with Crippen LogP contribution in [0.1, 0.15) is 5.69 Å². The summed E-state index contributed by atoms with van der Waals surface area (Å²) in [5, 5.41) is 9.25. The summed E-state index contributed by atoms with van der Waals surface area (Å²) in [6.45, 7) is 0. The van der Waals surface area contributed by atoms with Crippen molar-refractivity contribution >= 4 is 28.6 Å². The summed E-state index contributed by atoms with van der Waals surface area (Å²) in [7, 11) is 0. The molecule has 0 saturated heterocycles. The summed E-state index contributed by atoms with van der Waals surface area (Å²) in [5.74, 6) is 5.93. The molecule has 62 valence electrons. The third-order valence-electron chi connectivity index (χ3n) is 1.13. The predicted molar refractivity (Wildman–Crippen MR) is 54.3 cm³/mol. The van der Waals surface area contributed by atoms with E-state index in [1.165, 1.54) is 0 Å². The Labute approximate surface area is 84.6 Å². The zero-order valence-electron chi connectivity index (χ0n) is 6.08. The van der Waals surface area contributed by atoms with E-state index in [2.05, 4.69) is 45.4 Å². The van der Waals surface area contributed by atoms with Gasteiger partial charge in [0.2, 0.25) is 0 Å². The Bertz CT molecular complexity index is 343. The molecule has 0 aromatic carbocycles. The van der Waals surface area contributed by atoms with E-state index in [4.69, 9.17) is 0 Å². The Balaban J connectivity index is 3.05. The molecule has 0 fully saturated rings. The van der Waals surface area contributed by atoms with Gasteiger partial charge in [0.15, 0.2) is 5.69 Å². The summed E-state index contributed by atoms with van der Waals surface area (Å²) in [4.78, 5) is 3.97. The van der Waals surface area contributed by atoms with E-state index in [0.29, 0.717) is 16.0 Å². The Kier molecular flexibility index (Phi) is 3.45. The van der Waals surface area contributed by atoms with Crippen LogP contribution in [0.25, 0.3) is 0 Å². The highest BCUT2D eigenvalue weighted by atomic mass is 79.9. The highest BCUT2D eigenvalue weighted by molar-refractivity contribution is 9.10. The van der Waals surface area contributed by atoms with Crippen molar-refractivity contribution in [3.05, 3.63) is 22.4 Å². The number of hydrogen-bond acceptors (Lipinski definition) is 3. The van der Waals surface area contributed by atoms with E-state index in [9.17, 15) is 5.11 Å². The maximum absolute atomic E-state index is 9.25. The van der Waals surface area contributed by atoms with Crippen LogP contribution < -0.4 is 0 Å². The lowest BCUT2D eigenvalue weighted by Gasteiger charge is -1.95. The van der Waals surface area contributed by atoms with Crippen LogP contribution in [-0.2, 0) is 0 Å². The van der Waals surface area contributed by atoms with Gasteiger partial charge in [0.05, 0.1) is 5.75 Å². The van der Waals surface area contributed by atoms with Gasteiger partial charge < -0.3 is 5.11 Å². The number of aromatic hydroxyl groups is 1. The standard InChI is InChI=1S/C8H6BrNOS/c9-8-4-3-7(11)6(10-8)2-1-5-12/h3-4,11-12H,5H2. The molecular formula is C8H6BrNOS. The van der Waals surface area contributed by atoms with Crippen molar-refractivity contribution in [2.24, 2.45) is 0 Å². The summed E-state index contributed by atoms with van der Waals surface area (Å²) in [6, 6.07) is 3.20. The van der Waals surface area contributed by atoms with E-state index in [-0.39, 0.29) is 5.75 Å². The monoisotopic (exact) mass is 243 g/mol. The number of nitrogens with zero attached hydrogens (tertiary/aromatic N) is 1. The molecule has 0 radical (unpaired) electrons. The lowest BCUT2D eigenvalue weighted by molar-refractivity contribution is 0.470. The second-order valence-corrected chi connectivity index (χ2v) is 3.09. The van der Waals surface area contributed by atoms with Crippen molar-refractivity contribution < 1.29 is 5.11 Å². The van der Waals surface area contributed by atoms with Gasteiger partial charge in [-0.1, -0.05) is 5.92 Å². The summed E-state index contributed by atoms with van der Waals surface area (Å²) in [6.07, 6.45) is 0. The first-order valence-electron chi connectivity index (χ1n) is 3.19. The van der Waals surface area contributed by atoms with Crippen LogP contribution >= 0.6 is 28.6 Å².